The van der Waals surface area contributed by atoms with Crippen LogP contribution in [0, 0.1) is 11.8 Å². The van der Waals surface area contributed by atoms with Gasteiger partial charge < -0.3 is 10.1 Å². The number of carbonyl (C=O) groups is 2. The van der Waals surface area contributed by atoms with Gasteiger partial charge in [-0.05, 0) is 19.3 Å². The smallest absolute Gasteiger partial charge is 0.309 e. The summed E-state index contributed by atoms with van der Waals surface area (Å²) in [6.07, 6.45) is 6.45. The van der Waals surface area contributed by atoms with Gasteiger partial charge in [-0.25, -0.2) is 4.98 Å². The van der Waals surface area contributed by atoms with Crippen molar-refractivity contribution in [3.63, 3.8) is 0 Å². The Hall–Kier alpha value is -1.43. The van der Waals surface area contributed by atoms with Crippen LogP contribution in [0.1, 0.15) is 37.1 Å². The van der Waals surface area contributed by atoms with E-state index in [1.165, 1.54) is 7.11 Å². The standard InChI is InChI=1S/C14H18N2O3S/c1-19-12(18)10-8-9(10)11(17)16-14(4-2-3-5-14)13-15-6-7-20-13/h6-7,9-10H,2-5,8H2,1H3,(H,16,17)/t9-,10+/m1/s1. The molecule has 5 nitrogen and oxygen atoms in total. The number of thiazole rings is 1. The summed E-state index contributed by atoms with van der Waals surface area (Å²) >= 11 is 1.59. The molecule has 108 valence electrons. The fourth-order valence-corrected chi connectivity index (χ4v) is 3.91. The zero-order chi connectivity index (χ0) is 14.2. The van der Waals surface area contributed by atoms with Gasteiger partial charge in [0.15, 0.2) is 0 Å². The van der Waals surface area contributed by atoms with Crippen molar-refractivity contribution < 1.29 is 14.3 Å². The maximum atomic E-state index is 12.4. The number of ether oxygens (including phenoxy) is 1. The predicted molar refractivity (Wildman–Crippen MR) is 74.0 cm³/mol. The molecule has 1 N–H and O–H groups in total. The number of carbonyl (C=O) groups excluding carboxylic acids is 2. The minimum absolute atomic E-state index is 0.0301. The average molecular weight is 294 g/mol. The van der Waals surface area contributed by atoms with E-state index in [9.17, 15) is 9.59 Å². The van der Waals surface area contributed by atoms with E-state index < -0.39 is 0 Å². The molecule has 1 aromatic rings. The summed E-state index contributed by atoms with van der Waals surface area (Å²) in [5.74, 6) is -0.785. The minimum Gasteiger partial charge on any atom is -0.469 e. The highest BCUT2D eigenvalue weighted by molar-refractivity contribution is 7.09. The van der Waals surface area contributed by atoms with Gasteiger partial charge >= 0.3 is 5.97 Å². The maximum absolute atomic E-state index is 12.4. The highest BCUT2D eigenvalue weighted by Crippen LogP contribution is 2.43. The summed E-state index contributed by atoms with van der Waals surface area (Å²) in [6, 6.07) is 0. The van der Waals surface area contributed by atoms with Crippen LogP contribution in [0.5, 0.6) is 0 Å². The van der Waals surface area contributed by atoms with Gasteiger partial charge in [-0.3, -0.25) is 9.59 Å². The lowest BCUT2D eigenvalue weighted by Gasteiger charge is -2.28. The van der Waals surface area contributed by atoms with Gasteiger partial charge in [0.05, 0.1) is 24.5 Å². The number of amides is 1. The van der Waals surface area contributed by atoms with Gasteiger partial charge in [0.1, 0.15) is 5.01 Å². The van der Waals surface area contributed by atoms with Crippen molar-refractivity contribution in [1.29, 1.82) is 0 Å². The first kappa shape index (κ1) is 13.5. The van der Waals surface area contributed by atoms with Crippen LogP contribution in [-0.4, -0.2) is 24.0 Å². The Morgan fingerprint density at radius 3 is 2.75 bits per heavy atom. The number of nitrogens with zero attached hydrogens (tertiary/aromatic N) is 1. The second kappa shape index (κ2) is 5.16. The second-order valence-corrected chi connectivity index (χ2v) is 6.48. The molecule has 2 atom stereocenters. The van der Waals surface area contributed by atoms with E-state index >= 15 is 0 Å². The molecule has 2 fully saturated rings. The molecule has 0 bridgehead atoms. The van der Waals surface area contributed by atoms with Gasteiger partial charge in [0.25, 0.3) is 0 Å². The first-order valence-corrected chi connectivity index (χ1v) is 7.84. The van der Waals surface area contributed by atoms with E-state index in [1.807, 2.05) is 5.38 Å². The molecule has 0 aromatic carbocycles. The molecule has 2 aliphatic carbocycles. The van der Waals surface area contributed by atoms with Crippen LogP contribution in [-0.2, 0) is 19.9 Å². The zero-order valence-electron chi connectivity index (χ0n) is 11.4. The largest absolute Gasteiger partial charge is 0.469 e. The predicted octanol–water partition coefficient (Wildman–Crippen LogP) is 1.84. The summed E-state index contributed by atoms with van der Waals surface area (Å²) in [4.78, 5) is 28.2. The van der Waals surface area contributed by atoms with Gasteiger partial charge in [-0.2, -0.15) is 0 Å². The number of methoxy groups -OCH3 is 1. The van der Waals surface area contributed by atoms with E-state index in [4.69, 9.17) is 4.74 Å². The maximum Gasteiger partial charge on any atom is 0.309 e. The zero-order valence-corrected chi connectivity index (χ0v) is 12.2. The molecule has 0 unspecified atom stereocenters. The molecule has 6 heteroatoms. The first-order chi connectivity index (χ1) is 9.66. The lowest BCUT2D eigenvalue weighted by molar-refractivity contribution is -0.143. The summed E-state index contributed by atoms with van der Waals surface area (Å²) < 4.78 is 4.69. The van der Waals surface area contributed by atoms with Crippen molar-refractivity contribution in [1.82, 2.24) is 10.3 Å². The average Bonchev–Trinajstić information content (AvgIpc) is 2.88. The molecule has 20 heavy (non-hydrogen) atoms. The lowest BCUT2D eigenvalue weighted by Crippen LogP contribution is -2.44. The van der Waals surface area contributed by atoms with E-state index in [-0.39, 0.29) is 29.3 Å². The highest BCUT2D eigenvalue weighted by Gasteiger charge is 2.51. The van der Waals surface area contributed by atoms with Crippen LogP contribution < -0.4 is 5.32 Å². The Balaban J connectivity index is 1.70. The summed E-state index contributed by atoms with van der Waals surface area (Å²) in [5, 5.41) is 6.09. The van der Waals surface area contributed by atoms with E-state index in [2.05, 4.69) is 10.3 Å². The van der Waals surface area contributed by atoms with Crippen LogP contribution in [0.2, 0.25) is 0 Å². The Bertz CT molecular complexity index is 508. The fourth-order valence-electron chi connectivity index (χ4n) is 3.06. The van der Waals surface area contributed by atoms with Crippen molar-refractivity contribution in [2.45, 2.75) is 37.6 Å². The number of esters is 1. The quantitative estimate of drug-likeness (QED) is 0.860. The molecule has 1 amide bonds. The molecule has 2 saturated carbocycles. The van der Waals surface area contributed by atoms with Crippen LogP contribution >= 0.6 is 11.3 Å². The van der Waals surface area contributed by atoms with E-state index in [0.717, 1.165) is 30.7 Å². The molecule has 0 spiro atoms. The van der Waals surface area contributed by atoms with Crippen molar-refractivity contribution in [3.05, 3.63) is 16.6 Å². The fraction of sp³-hybridized carbons (Fsp3) is 0.643. The normalized spacial score (nSPS) is 27.1. The Morgan fingerprint density at radius 2 is 2.15 bits per heavy atom. The third-order valence-electron chi connectivity index (χ3n) is 4.29. The highest BCUT2D eigenvalue weighted by atomic mass is 32.1. The molecule has 0 saturated heterocycles. The molecule has 0 radical (unpaired) electrons. The van der Waals surface area contributed by atoms with Gasteiger partial charge in [0, 0.05) is 11.6 Å². The third kappa shape index (κ3) is 2.32. The third-order valence-corrected chi connectivity index (χ3v) is 5.27. The van der Waals surface area contributed by atoms with Crippen molar-refractivity contribution in [3.8, 4) is 0 Å². The number of hydrogen-bond donors (Lipinski definition) is 1. The molecule has 1 aromatic heterocycles. The molecule has 2 aliphatic rings. The van der Waals surface area contributed by atoms with E-state index in [0.29, 0.717) is 6.42 Å². The summed E-state index contributed by atoms with van der Waals surface area (Å²) in [5.41, 5.74) is -0.311. The first-order valence-electron chi connectivity index (χ1n) is 6.96. The number of aromatic nitrogens is 1. The number of nitrogens with one attached hydrogen (secondary N) is 1. The molecular weight excluding hydrogens is 276 g/mol. The van der Waals surface area contributed by atoms with E-state index in [1.54, 1.807) is 17.5 Å². The summed E-state index contributed by atoms with van der Waals surface area (Å²) in [6.45, 7) is 0. The molecule has 3 rings (SSSR count). The van der Waals surface area contributed by atoms with Gasteiger partial charge in [0.2, 0.25) is 5.91 Å². The SMILES string of the molecule is COC(=O)[C@H]1C[C@H]1C(=O)NC1(c2nccs2)CCCC1. The van der Waals surface area contributed by atoms with Crippen molar-refractivity contribution >= 4 is 23.2 Å². The topological polar surface area (TPSA) is 68.3 Å². The Morgan fingerprint density at radius 1 is 1.40 bits per heavy atom. The number of hydrogen-bond acceptors (Lipinski definition) is 5. The Labute approximate surface area is 121 Å². The molecular formula is C14H18N2O3S. The van der Waals surface area contributed by atoms with Crippen molar-refractivity contribution in [2.24, 2.45) is 11.8 Å². The Kier molecular flexibility index (Phi) is 3.50. The molecule has 0 aliphatic heterocycles. The monoisotopic (exact) mass is 294 g/mol. The van der Waals surface area contributed by atoms with Gasteiger partial charge in [-0.1, -0.05) is 12.8 Å². The molecule has 1 heterocycles. The summed E-state index contributed by atoms with van der Waals surface area (Å²) in [7, 11) is 1.36. The van der Waals surface area contributed by atoms with Crippen LogP contribution in [0.3, 0.4) is 0 Å². The van der Waals surface area contributed by atoms with Crippen LogP contribution in [0.15, 0.2) is 11.6 Å². The minimum atomic E-state index is -0.311. The number of rotatable bonds is 4. The van der Waals surface area contributed by atoms with Crippen LogP contribution in [0.25, 0.3) is 0 Å². The van der Waals surface area contributed by atoms with Crippen molar-refractivity contribution in [2.75, 3.05) is 7.11 Å². The lowest BCUT2D eigenvalue weighted by atomic mass is 9.98. The second-order valence-electron chi connectivity index (χ2n) is 5.59. The van der Waals surface area contributed by atoms with Crippen LogP contribution in [0.4, 0.5) is 0 Å². The van der Waals surface area contributed by atoms with Gasteiger partial charge in [-0.15, -0.1) is 11.3 Å².